The summed E-state index contributed by atoms with van der Waals surface area (Å²) < 4.78 is 0.782. The van der Waals surface area contributed by atoms with Crippen LogP contribution in [0.4, 0.5) is 11.5 Å². The van der Waals surface area contributed by atoms with Crippen molar-refractivity contribution in [3.63, 3.8) is 0 Å². The lowest BCUT2D eigenvalue weighted by atomic mass is 10.0. The number of aromatic nitrogens is 1. The maximum atomic E-state index is 12.3. The largest absolute Gasteiger partial charge is 0.356 e. The van der Waals surface area contributed by atoms with Crippen LogP contribution < -0.4 is 10.2 Å². The zero-order valence-electron chi connectivity index (χ0n) is 13.1. The second-order valence-corrected chi connectivity index (χ2v) is 6.89. The molecule has 5 heteroatoms. The standard InChI is InChI=1S/C18H20BrN3O/c1-13-5-4-10-22(12-13)17-9-8-14(11-20-17)21-18(23)15-6-2-3-7-16(15)19/h2-3,6-9,11,13H,4-5,10,12H2,1H3,(H,21,23). The molecule has 120 valence electrons. The summed E-state index contributed by atoms with van der Waals surface area (Å²) in [5, 5.41) is 2.89. The SMILES string of the molecule is CC1CCCN(c2ccc(NC(=O)c3ccccc3Br)cn2)C1. The van der Waals surface area contributed by atoms with Gasteiger partial charge in [-0.05, 0) is 59.0 Å². The van der Waals surface area contributed by atoms with Crippen LogP contribution in [-0.2, 0) is 0 Å². The van der Waals surface area contributed by atoms with Gasteiger partial charge < -0.3 is 10.2 Å². The first kappa shape index (κ1) is 16.0. The lowest BCUT2D eigenvalue weighted by Gasteiger charge is -2.31. The summed E-state index contributed by atoms with van der Waals surface area (Å²) in [5.74, 6) is 1.55. The van der Waals surface area contributed by atoms with E-state index in [1.54, 1.807) is 12.3 Å². The van der Waals surface area contributed by atoms with Crippen molar-refractivity contribution in [2.75, 3.05) is 23.3 Å². The molecule has 0 bridgehead atoms. The summed E-state index contributed by atoms with van der Waals surface area (Å²) in [7, 11) is 0. The van der Waals surface area contributed by atoms with Gasteiger partial charge in [0.1, 0.15) is 5.82 Å². The third-order valence-corrected chi connectivity index (χ3v) is 4.80. The van der Waals surface area contributed by atoms with Gasteiger partial charge in [0, 0.05) is 17.6 Å². The molecular formula is C18H20BrN3O. The van der Waals surface area contributed by atoms with Crippen LogP contribution >= 0.6 is 15.9 Å². The molecule has 4 nitrogen and oxygen atoms in total. The van der Waals surface area contributed by atoms with Gasteiger partial charge in [-0.15, -0.1) is 0 Å². The van der Waals surface area contributed by atoms with Crippen LogP contribution in [0.25, 0.3) is 0 Å². The Labute approximate surface area is 145 Å². The van der Waals surface area contributed by atoms with Gasteiger partial charge in [0.2, 0.25) is 0 Å². The molecule has 1 aliphatic rings. The highest BCUT2D eigenvalue weighted by atomic mass is 79.9. The smallest absolute Gasteiger partial charge is 0.256 e. The first-order valence-corrected chi connectivity index (χ1v) is 8.69. The van der Waals surface area contributed by atoms with Gasteiger partial charge in [0.25, 0.3) is 5.91 Å². The second kappa shape index (κ2) is 7.13. The van der Waals surface area contributed by atoms with Crippen molar-refractivity contribution in [3.8, 4) is 0 Å². The highest BCUT2D eigenvalue weighted by Gasteiger charge is 2.17. The van der Waals surface area contributed by atoms with Crippen LogP contribution in [-0.4, -0.2) is 24.0 Å². The molecule has 1 aliphatic heterocycles. The van der Waals surface area contributed by atoms with Crippen molar-refractivity contribution in [2.45, 2.75) is 19.8 Å². The van der Waals surface area contributed by atoms with Crippen molar-refractivity contribution in [2.24, 2.45) is 5.92 Å². The maximum Gasteiger partial charge on any atom is 0.256 e. The molecule has 1 aromatic carbocycles. The number of anilines is 2. The number of carbonyl (C=O) groups excluding carboxylic acids is 1. The highest BCUT2D eigenvalue weighted by molar-refractivity contribution is 9.10. The lowest BCUT2D eigenvalue weighted by molar-refractivity contribution is 0.102. The van der Waals surface area contributed by atoms with Gasteiger partial charge >= 0.3 is 0 Å². The molecule has 23 heavy (non-hydrogen) atoms. The van der Waals surface area contributed by atoms with Gasteiger partial charge in [-0.3, -0.25) is 4.79 Å². The van der Waals surface area contributed by atoms with Crippen LogP contribution in [0.2, 0.25) is 0 Å². The first-order chi connectivity index (χ1) is 11.1. The first-order valence-electron chi connectivity index (χ1n) is 7.90. The summed E-state index contributed by atoms with van der Waals surface area (Å²) in [5.41, 5.74) is 1.32. The molecule has 1 fully saturated rings. The van der Waals surface area contributed by atoms with E-state index >= 15 is 0 Å². The molecule has 1 N–H and O–H groups in total. The van der Waals surface area contributed by atoms with Crippen molar-refractivity contribution in [3.05, 3.63) is 52.6 Å². The molecule has 0 saturated carbocycles. The number of amides is 1. The van der Waals surface area contributed by atoms with Gasteiger partial charge in [0.05, 0.1) is 17.4 Å². The number of carbonyl (C=O) groups is 1. The van der Waals surface area contributed by atoms with Crippen LogP contribution in [0, 0.1) is 5.92 Å². The van der Waals surface area contributed by atoms with E-state index in [1.807, 2.05) is 30.3 Å². The molecule has 0 spiro atoms. The Bertz CT molecular complexity index is 687. The van der Waals surface area contributed by atoms with Crippen molar-refractivity contribution < 1.29 is 4.79 Å². The van der Waals surface area contributed by atoms with E-state index in [9.17, 15) is 4.79 Å². The summed E-state index contributed by atoms with van der Waals surface area (Å²) in [4.78, 5) is 19.1. The number of piperidine rings is 1. The minimum Gasteiger partial charge on any atom is -0.356 e. The topological polar surface area (TPSA) is 45.2 Å². The number of pyridine rings is 1. The Hall–Kier alpha value is -1.88. The fourth-order valence-electron chi connectivity index (χ4n) is 2.89. The molecule has 1 atom stereocenters. The summed E-state index contributed by atoms with van der Waals surface area (Å²) in [6.07, 6.45) is 4.23. The van der Waals surface area contributed by atoms with E-state index in [4.69, 9.17) is 0 Å². The predicted octanol–water partition coefficient (Wildman–Crippen LogP) is 4.33. The average Bonchev–Trinajstić information content (AvgIpc) is 2.56. The summed E-state index contributed by atoms with van der Waals surface area (Å²) in [6, 6.07) is 11.3. The zero-order valence-corrected chi connectivity index (χ0v) is 14.7. The second-order valence-electron chi connectivity index (χ2n) is 6.03. The molecule has 2 aromatic rings. The summed E-state index contributed by atoms with van der Waals surface area (Å²) >= 11 is 3.40. The Kier molecular flexibility index (Phi) is 4.96. The van der Waals surface area contributed by atoms with E-state index in [1.165, 1.54) is 12.8 Å². The van der Waals surface area contributed by atoms with E-state index < -0.39 is 0 Å². The van der Waals surface area contributed by atoms with Crippen molar-refractivity contribution in [1.29, 1.82) is 0 Å². The number of benzene rings is 1. The Morgan fingerprint density at radius 1 is 1.30 bits per heavy atom. The van der Waals surface area contributed by atoms with Crippen molar-refractivity contribution in [1.82, 2.24) is 4.98 Å². The summed E-state index contributed by atoms with van der Waals surface area (Å²) in [6.45, 7) is 4.38. The van der Waals surface area contributed by atoms with Gasteiger partial charge in [-0.25, -0.2) is 4.98 Å². The van der Waals surface area contributed by atoms with Gasteiger partial charge in [0.15, 0.2) is 0 Å². The monoisotopic (exact) mass is 373 g/mol. The molecule has 1 aromatic heterocycles. The average molecular weight is 374 g/mol. The fourth-order valence-corrected chi connectivity index (χ4v) is 3.35. The minimum atomic E-state index is -0.140. The number of halogens is 1. The van der Waals surface area contributed by atoms with Crippen molar-refractivity contribution >= 4 is 33.3 Å². The molecule has 1 saturated heterocycles. The van der Waals surface area contributed by atoms with E-state index in [0.29, 0.717) is 17.2 Å². The number of rotatable bonds is 3. The Morgan fingerprint density at radius 2 is 2.13 bits per heavy atom. The normalized spacial score (nSPS) is 17.8. The molecule has 1 amide bonds. The third kappa shape index (κ3) is 3.91. The number of nitrogens with one attached hydrogen (secondary N) is 1. The third-order valence-electron chi connectivity index (χ3n) is 4.11. The van der Waals surface area contributed by atoms with E-state index in [2.05, 4.69) is 38.1 Å². The zero-order chi connectivity index (χ0) is 16.2. The molecule has 2 heterocycles. The Morgan fingerprint density at radius 3 is 2.83 bits per heavy atom. The number of hydrogen-bond donors (Lipinski definition) is 1. The fraction of sp³-hybridized carbons (Fsp3) is 0.333. The molecular weight excluding hydrogens is 354 g/mol. The van der Waals surface area contributed by atoms with Crippen LogP contribution in [0.1, 0.15) is 30.1 Å². The quantitative estimate of drug-likeness (QED) is 0.870. The van der Waals surface area contributed by atoms with Gasteiger partial charge in [-0.2, -0.15) is 0 Å². The minimum absolute atomic E-state index is 0.140. The van der Waals surface area contributed by atoms with E-state index in [0.717, 1.165) is 23.4 Å². The molecule has 1 unspecified atom stereocenters. The predicted molar refractivity (Wildman–Crippen MR) is 96.9 cm³/mol. The molecule has 0 radical (unpaired) electrons. The van der Waals surface area contributed by atoms with Crippen LogP contribution in [0.5, 0.6) is 0 Å². The lowest BCUT2D eigenvalue weighted by Crippen LogP contribution is -2.34. The maximum absolute atomic E-state index is 12.3. The van der Waals surface area contributed by atoms with Gasteiger partial charge in [-0.1, -0.05) is 19.1 Å². The highest BCUT2D eigenvalue weighted by Crippen LogP contribution is 2.23. The van der Waals surface area contributed by atoms with E-state index in [-0.39, 0.29) is 5.91 Å². The number of nitrogens with zero attached hydrogens (tertiary/aromatic N) is 2. The number of hydrogen-bond acceptors (Lipinski definition) is 3. The van der Waals surface area contributed by atoms with Crippen LogP contribution in [0.3, 0.4) is 0 Å². The molecule has 0 aliphatic carbocycles. The Balaban J connectivity index is 1.68. The van der Waals surface area contributed by atoms with Crippen LogP contribution in [0.15, 0.2) is 47.1 Å². The molecule has 3 rings (SSSR count).